The van der Waals surface area contributed by atoms with Crippen LogP contribution in [0.25, 0.3) is 0 Å². The molecule has 0 fully saturated rings. The number of fused-ring (bicyclic) bond motifs is 1. The normalized spacial score (nSPS) is 22.7. The molecule has 94 valence electrons. The van der Waals surface area contributed by atoms with E-state index < -0.39 is 0 Å². The van der Waals surface area contributed by atoms with Gasteiger partial charge in [0.05, 0.1) is 0 Å². The van der Waals surface area contributed by atoms with Crippen molar-refractivity contribution in [2.24, 2.45) is 0 Å². The molecule has 1 nitrogen and oxygen atoms in total. The molecule has 2 atom stereocenters. The Kier molecular flexibility index (Phi) is 4.61. The van der Waals surface area contributed by atoms with Gasteiger partial charge >= 0.3 is 0 Å². The fourth-order valence-electron chi connectivity index (χ4n) is 2.97. The predicted molar refractivity (Wildman–Crippen MR) is 74.4 cm³/mol. The van der Waals surface area contributed by atoms with Crippen LogP contribution in [0.4, 0.5) is 0 Å². The highest BCUT2D eigenvalue weighted by Gasteiger charge is 2.29. The monoisotopic (exact) mass is 231 g/mol. The third-order valence-electron chi connectivity index (χ3n) is 3.88. The molecular weight excluding hydrogens is 206 g/mol. The van der Waals surface area contributed by atoms with E-state index in [-0.39, 0.29) is 0 Å². The third-order valence-corrected chi connectivity index (χ3v) is 3.88. The molecule has 1 heteroatoms. The maximum Gasteiger partial charge on any atom is 0.0328 e. The van der Waals surface area contributed by atoms with Crippen molar-refractivity contribution in [3.63, 3.8) is 0 Å². The summed E-state index contributed by atoms with van der Waals surface area (Å²) in [7, 11) is 0. The molecule has 2 rings (SSSR count). The first kappa shape index (κ1) is 12.6. The van der Waals surface area contributed by atoms with Gasteiger partial charge in [-0.25, -0.2) is 0 Å². The second-order valence-electron chi connectivity index (χ2n) is 5.21. The fourth-order valence-corrected chi connectivity index (χ4v) is 2.97. The highest BCUT2D eigenvalue weighted by atomic mass is 14.9. The van der Waals surface area contributed by atoms with Gasteiger partial charge in [-0.2, -0.15) is 0 Å². The summed E-state index contributed by atoms with van der Waals surface area (Å²) in [5, 5.41) is 3.69. The van der Waals surface area contributed by atoms with Crippen LogP contribution >= 0.6 is 0 Å². The van der Waals surface area contributed by atoms with E-state index in [0.717, 1.165) is 12.5 Å². The van der Waals surface area contributed by atoms with Crippen molar-refractivity contribution in [3.05, 3.63) is 35.4 Å². The van der Waals surface area contributed by atoms with Crippen molar-refractivity contribution in [2.75, 3.05) is 6.54 Å². The third kappa shape index (κ3) is 2.90. The van der Waals surface area contributed by atoms with Crippen LogP contribution in [0.15, 0.2) is 24.3 Å². The SMILES string of the molecule is CCCC[C@@H]1C[C@@H](NCCC)c2ccccc21. The second kappa shape index (κ2) is 6.20. The van der Waals surface area contributed by atoms with Crippen molar-refractivity contribution in [3.8, 4) is 0 Å². The van der Waals surface area contributed by atoms with Crippen LogP contribution in [0.1, 0.15) is 69.0 Å². The standard InChI is InChI=1S/C16H25N/c1-3-5-8-13-12-16(17-11-4-2)15-10-7-6-9-14(13)15/h6-7,9-10,13,16-17H,3-5,8,11-12H2,1-2H3/t13-,16-/m1/s1. The van der Waals surface area contributed by atoms with Crippen LogP contribution in [0.3, 0.4) is 0 Å². The number of rotatable bonds is 6. The Hall–Kier alpha value is -0.820. The molecule has 17 heavy (non-hydrogen) atoms. The number of hydrogen-bond donors (Lipinski definition) is 1. The summed E-state index contributed by atoms with van der Waals surface area (Å²) in [6.45, 7) is 5.66. The zero-order valence-electron chi connectivity index (χ0n) is 11.2. The molecule has 0 saturated heterocycles. The van der Waals surface area contributed by atoms with Gasteiger partial charge in [0.1, 0.15) is 0 Å². The summed E-state index contributed by atoms with van der Waals surface area (Å²) >= 11 is 0. The van der Waals surface area contributed by atoms with Crippen LogP contribution in [0, 0.1) is 0 Å². The number of nitrogens with one attached hydrogen (secondary N) is 1. The first-order valence-electron chi connectivity index (χ1n) is 7.19. The lowest BCUT2D eigenvalue weighted by Crippen LogP contribution is -2.19. The minimum absolute atomic E-state index is 0.605. The number of hydrogen-bond acceptors (Lipinski definition) is 1. The molecule has 1 aromatic carbocycles. The lowest BCUT2D eigenvalue weighted by molar-refractivity contribution is 0.472. The molecule has 0 aliphatic heterocycles. The summed E-state index contributed by atoms with van der Waals surface area (Å²) in [5.74, 6) is 0.792. The highest BCUT2D eigenvalue weighted by molar-refractivity contribution is 5.37. The van der Waals surface area contributed by atoms with Gasteiger partial charge in [-0.3, -0.25) is 0 Å². The van der Waals surface area contributed by atoms with E-state index in [1.54, 1.807) is 11.1 Å². The van der Waals surface area contributed by atoms with Crippen molar-refractivity contribution >= 4 is 0 Å². The topological polar surface area (TPSA) is 12.0 Å². The summed E-state index contributed by atoms with van der Waals surface area (Å²) < 4.78 is 0. The maximum absolute atomic E-state index is 3.69. The summed E-state index contributed by atoms with van der Waals surface area (Å²) in [6, 6.07) is 9.63. The molecule has 0 aromatic heterocycles. The molecule has 0 spiro atoms. The Morgan fingerprint density at radius 2 is 1.88 bits per heavy atom. The van der Waals surface area contributed by atoms with Crippen molar-refractivity contribution in [1.82, 2.24) is 5.32 Å². The Morgan fingerprint density at radius 1 is 1.12 bits per heavy atom. The minimum Gasteiger partial charge on any atom is -0.310 e. The molecule has 0 amide bonds. The zero-order chi connectivity index (χ0) is 12.1. The maximum atomic E-state index is 3.69. The fraction of sp³-hybridized carbons (Fsp3) is 0.625. The van der Waals surface area contributed by atoms with E-state index in [1.165, 1.54) is 32.1 Å². The van der Waals surface area contributed by atoms with Crippen molar-refractivity contribution in [2.45, 2.75) is 57.9 Å². The molecule has 0 heterocycles. The summed E-state index contributed by atoms with van der Waals surface area (Å²) in [6.07, 6.45) is 6.56. The molecule has 1 aromatic rings. The van der Waals surface area contributed by atoms with Crippen molar-refractivity contribution < 1.29 is 0 Å². The number of unbranched alkanes of at least 4 members (excludes halogenated alkanes) is 1. The van der Waals surface area contributed by atoms with Crippen LogP contribution in [0.2, 0.25) is 0 Å². The van der Waals surface area contributed by atoms with Gasteiger partial charge in [0, 0.05) is 6.04 Å². The van der Waals surface area contributed by atoms with E-state index in [9.17, 15) is 0 Å². The van der Waals surface area contributed by atoms with Crippen LogP contribution in [0.5, 0.6) is 0 Å². The zero-order valence-corrected chi connectivity index (χ0v) is 11.2. The first-order chi connectivity index (χ1) is 8.36. The Bertz CT molecular complexity index is 312. The molecular formula is C16H25N. The van der Waals surface area contributed by atoms with Gasteiger partial charge in [-0.15, -0.1) is 0 Å². The Balaban J connectivity index is 2.09. The molecule has 1 aliphatic rings. The van der Waals surface area contributed by atoms with Gasteiger partial charge in [0.2, 0.25) is 0 Å². The average molecular weight is 231 g/mol. The molecule has 0 bridgehead atoms. The number of benzene rings is 1. The van der Waals surface area contributed by atoms with Crippen LogP contribution in [-0.4, -0.2) is 6.54 Å². The minimum atomic E-state index is 0.605. The summed E-state index contributed by atoms with van der Waals surface area (Å²) in [4.78, 5) is 0. The van der Waals surface area contributed by atoms with Crippen LogP contribution < -0.4 is 5.32 Å². The van der Waals surface area contributed by atoms with E-state index in [0.29, 0.717) is 6.04 Å². The largest absolute Gasteiger partial charge is 0.310 e. The van der Waals surface area contributed by atoms with Gasteiger partial charge in [0.25, 0.3) is 0 Å². The van der Waals surface area contributed by atoms with Gasteiger partial charge in [0.15, 0.2) is 0 Å². The van der Waals surface area contributed by atoms with E-state index in [2.05, 4.69) is 43.4 Å². The first-order valence-corrected chi connectivity index (χ1v) is 7.19. The Labute approximate surface area is 106 Å². The average Bonchev–Trinajstić information content (AvgIpc) is 2.72. The second-order valence-corrected chi connectivity index (χ2v) is 5.21. The summed E-state index contributed by atoms with van der Waals surface area (Å²) in [5.41, 5.74) is 3.16. The smallest absolute Gasteiger partial charge is 0.0328 e. The van der Waals surface area contributed by atoms with Gasteiger partial charge in [-0.1, -0.05) is 51.0 Å². The van der Waals surface area contributed by atoms with E-state index in [1.807, 2.05) is 0 Å². The highest BCUT2D eigenvalue weighted by Crippen LogP contribution is 2.42. The molecule has 1 N–H and O–H groups in total. The molecule has 0 unspecified atom stereocenters. The van der Waals surface area contributed by atoms with E-state index in [4.69, 9.17) is 0 Å². The van der Waals surface area contributed by atoms with E-state index >= 15 is 0 Å². The lowest BCUT2D eigenvalue weighted by Gasteiger charge is -2.13. The predicted octanol–water partition coefficient (Wildman–Crippen LogP) is 4.40. The van der Waals surface area contributed by atoms with Gasteiger partial charge in [-0.05, 0) is 42.9 Å². The lowest BCUT2D eigenvalue weighted by atomic mass is 9.96. The van der Waals surface area contributed by atoms with Gasteiger partial charge < -0.3 is 5.32 Å². The van der Waals surface area contributed by atoms with Crippen LogP contribution in [-0.2, 0) is 0 Å². The molecule has 0 saturated carbocycles. The van der Waals surface area contributed by atoms with Crippen molar-refractivity contribution in [1.29, 1.82) is 0 Å². The molecule has 1 aliphatic carbocycles. The Morgan fingerprint density at radius 3 is 2.59 bits per heavy atom. The quantitative estimate of drug-likeness (QED) is 0.765. The molecule has 0 radical (unpaired) electrons.